The highest BCUT2D eigenvalue weighted by atomic mass is 16.5. The SMILES string of the molecule is CCCc1cc(C(=O)COCCC(C)CCC=C(C)C)cc(CCC)c1O. The summed E-state index contributed by atoms with van der Waals surface area (Å²) in [6.45, 7) is 11.4. The standard InChI is InChI=1S/C24H38O3/c1-6-9-20-15-22(16-21(10-7-2)24(20)26)23(25)17-27-14-13-19(5)12-8-11-18(3)4/h11,15-16,19,26H,6-10,12-14,17H2,1-5H3. The minimum atomic E-state index is 0.00176. The van der Waals surface area contributed by atoms with Crippen LogP contribution in [0.2, 0.25) is 0 Å². The molecule has 1 aromatic rings. The van der Waals surface area contributed by atoms with E-state index in [1.54, 1.807) is 0 Å². The third-order valence-electron chi connectivity index (χ3n) is 4.83. The minimum absolute atomic E-state index is 0.00176. The van der Waals surface area contributed by atoms with Crippen LogP contribution < -0.4 is 0 Å². The normalized spacial score (nSPS) is 12.0. The lowest BCUT2D eigenvalue weighted by Crippen LogP contribution is -2.12. The number of phenols is 1. The van der Waals surface area contributed by atoms with E-state index in [-0.39, 0.29) is 12.4 Å². The number of allylic oxidation sites excluding steroid dienone is 2. The van der Waals surface area contributed by atoms with Gasteiger partial charge in [-0.3, -0.25) is 4.79 Å². The Labute approximate surface area is 165 Å². The molecule has 0 fully saturated rings. The highest BCUT2D eigenvalue weighted by molar-refractivity contribution is 5.97. The molecule has 0 saturated carbocycles. The lowest BCUT2D eigenvalue weighted by atomic mass is 9.96. The summed E-state index contributed by atoms with van der Waals surface area (Å²) in [4.78, 5) is 12.5. The van der Waals surface area contributed by atoms with E-state index in [9.17, 15) is 9.90 Å². The van der Waals surface area contributed by atoms with Crippen LogP contribution in [-0.4, -0.2) is 24.1 Å². The number of Topliss-reactive ketones (excluding diaryl/α,β-unsaturated/α-hetero) is 1. The van der Waals surface area contributed by atoms with Crippen LogP contribution in [0.15, 0.2) is 23.8 Å². The number of aryl methyl sites for hydroxylation is 2. The Morgan fingerprint density at radius 2 is 1.70 bits per heavy atom. The molecule has 1 N–H and O–H groups in total. The molecule has 3 nitrogen and oxygen atoms in total. The maximum Gasteiger partial charge on any atom is 0.188 e. The van der Waals surface area contributed by atoms with E-state index >= 15 is 0 Å². The number of ketones is 1. The van der Waals surface area contributed by atoms with Crippen LogP contribution in [-0.2, 0) is 17.6 Å². The van der Waals surface area contributed by atoms with Crippen molar-refractivity contribution in [1.29, 1.82) is 0 Å². The predicted octanol–water partition coefficient (Wildman–Crippen LogP) is 6.27. The fraction of sp³-hybridized carbons (Fsp3) is 0.625. The van der Waals surface area contributed by atoms with Gasteiger partial charge >= 0.3 is 0 Å². The number of aromatic hydroxyl groups is 1. The summed E-state index contributed by atoms with van der Waals surface area (Å²) in [5.74, 6) is 0.958. The molecule has 0 amide bonds. The molecule has 0 aliphatic rings. The molecule has 0 heterocycles. The second kappa shape index (κ2) is 12.7. The van der Waals surface area contributed by atoms with Crippen molar-refractivity contribution >= 4 is 5.78 Å². The molecule has 0 saturated heterocycles. The Morgan fingerprint density at radius 3 is 2.22 bits per heavy atom. The van der Waals surface area contributed by atoms with Gasteiger partial charge in [0.1, 0.15) is 12.4 Å². The summed E-state index contributed by atoms with van der Waals surface area (Å²) >= 11 is 0. The second-order valence-corrected chi connectivity index (χ2v) is 7.87. The monoisotopic (exact) mass is 374 g/mol. The van der Waals surface area contributed by atoms with E-state index in [0.717, 1.165) is 56.1 Å². The Hall–Kier alpha value is -1.61. The van der Waals surface area contributed by atoms with Gasteiger partial charge in [-0.25, -0.2) is 0 Å². The third kappa shape index (κ3) is 8.75. The molecular formula is C24H38O3. The van der Waals surface area contributed by atoms with E-state index in [2.05, 4.69) is 40.7 Å². The van der Waals surface area contributed by atoms with Crippen LogP contribution in [0.4, 0.5) is 0 Å². The topological polar surface area (TPSA) is 46.5 Å². The molecule has 0 aliphatic carbocycles. The molecule has 1 rings (SSSR count). The van der Waals surface area contributed by atoms with E-state index in [1.807, 2.05) is 12.1 Å². The average molecular weight is 375 g/mol. The van der Waals surface area contributed by atoms with Crippen LogP contribution in [0.25, 0.3) is 0 Å². The van der Waals surface area contributed by atoms with Gasteiger partial charge in [-0.05, 0) is 75.1 Å². The number of hydrogen-bond acceptors (Lipinski definition) is 3. The first-order chi connectivity index (χ1) is 12.9. The molecule has 0 spiro atoms. The molecule has 1 atom stereocenters. The number of rotatable bonds is 13. The molecule has 152 valence electrons. The van der Waals surface area contributed by atoms with Gasteiger partial charge in [-0.15, -0.1) is 0 Å². The first-order valence-corrected chi connectivity index (χ1v) is 10.5. The van der Waals surface area contributed by atoms with Crippen molar-refractivity contribution in [2.45, 2.75) is 79.6 Å². The molecule has 0 aromatic heterocycles. The molecule has 0 radical (unpaired) electrons. The number of benzene rings is 1. The molecule has 0 aliphatic heterocycles. The van der Waals surface area contributed by atoms with Gasteiger partial charge in [-0.2, -0.15) is 0 Å². The molecule has 3 heteroatoms. The van der Waals surface area contributed by atoms with Gasteiger partial charge in [0.05, 0.1) is 0 Å². The first-order valence-electron chi connectivity index (χ1n) is 10.5. The highest BCUT2D eigenvalue weighted by Gasteiger charge is 2.14. The van der Waals surface area contributed by atoms with Crippen molar-refractivity contribution in [2.24, 2.45) is 5.92 Å². The van der Waals surface area contributed by atoms with Crippen molar-refractivity contribution in [1.82, 2.24) is 0 Å². The van der Waals surface area contributed by atoms with E-state index in [4.69, 9.17) is 4.74 Å². The summed E-state index contributed by atoms with van der Waals surface area (Å²) in [5.41, 5.74) is 3.78. The lowest BCUT2D eigenvalue weighted by molar-refractivity contribution is 0.0734. The van der Waals surface area contributed by atoms with Crippen molar-refractivity contribution < 1.29 is 14.6 Å². The minimum Gasteiger partial charge on any atom is -0.507 e. The summed E-state index contributed by atoms with van der Waals surface area (Å²) in [5, 5.41) is 10.4. The third-order valence-corrected chi connectivity index (χ3v) is 4.83. The fourth-order valence-electron chi connectivity index (χ4n) is 3.17. The van der Waals surface area contributed by atoms with Crippen LogP contribution in [0, 0.1) is 5.92 Å². The van der Waals surface area contributed by atoms with Gasteiger partial charge in [0.2, 0.25) is 0 Å². The zero-order valence-corrected chi connectivity index (χ0v) is 17.9. The Bertz CT molecular complexity index is 585. The first kappa shape index (κ1) is 23.4. The Balaban J connectivity index is 2.55. The number of carbonyl (C=O) groups is 1. The summed E-state index contributed by atoms with van der Waals surface area (Å²) in [6.07, 6.45) is 8.96. The molecule has 27 heavy (non-hydrogen) atoms. The summed E-state index contributed by atoms with van der Waals surface area (Å²) in [7, 11) is 0. The maximum atomic E-state index is 12.5. The molecule has 1 aromatic carbocycles. The lowest BCUT2D eigenvalue weighted by Gasteiger charge is -2.13. The smallest absolute Gasteiger partial charge is 0.188 e. The van der Waals surface area contributed by atoms with Crippen molar-refractivity contribution in [3.63, 3.8) is 0 Å². The Kier molecular flexibility index (Phi) is 11.0. The zero-order valence-electron chi connectivity index (χ0n) is 17.9. The quantitative estimate of drug-likeness (QED) is 0.251. The van der Waals surface area contributed by atoms with E-state index < -0.39 is 0 Å². The van der Waals surface area contributed by atoms with E-state index in [1.165, 1.54) is 5.57 Å². The molecule has 1 unspecified atom stereocenters. The van der Waals surface area contributed by atoms with Crippen LogP contribution in [0.3, 0.4) is 0 Å². The fourth-order valence-corrected chi connectivity index (χ4v) is 3.17. The van der Waals surface area contributed by atoms with Crippen molar-refractivity contribution in [2.75, 3.05) is 13.2 Å². The van der Waals surface area contributed by atoms with Crippen molar-refractivity contribution in [3.8, 4) is 5.75 Å². The molecule has 0 bridgehead atoms. The number of phenolic OH excluding ortho intramolecular Hbond substituents is 1. The van der Waals surface area contributed by atoms with Gasteiger partial charge in [-0.1, -0.05) is 45.3 Å². The van der Waals surface area contributed by atoms with Gasteiger partial charge in [0.15, 0.2) is 5.78 Å². The average Bonchev–Trinajstić information content (AvgIpc) is 2.61. The van der Waals surface area contributed by atoms with E-state index in [0.29, 0.717) is 23.8 Å². The molecular weight excluding hydrogens is 336 g/mol. The van der Waals surface area contributed by atoms with Gasteiger partial charge < -0.3 is 9.84 Å². The second-order valence-electron chi connectivity index (χ2n) is 7.87. The largest absolute Gasteiger partial charge is 0.507 e. The maximum absolute atomic E-state index is 12.5. The van der Waals surface area contributed by atoms with Gasteiger partial charge in [0.25, 0.3) is 0 Å². The van der Waals surface area contributed by atoms with Crippen LogP contribution in [0.5, 0.6) is 5.75 Å². The zero-order chi connectivity index (χ0) is 20.2. The summed E-state index contributed by atoms with van der Waals surface area (Å²) < 4.78 is 5.65. The number of hydrogen-bond donors (Lipinski definition) is 1. The van der Waals surface area contributed by atoms with Crippen molar-refractivity contribution in [3.05, 3.63) is 40.5 Å². The Morgan fingerprint density at radius 1 is 1.11 bits per heavy atom. The summed E-state index contributed by atoms with van der Waals surface area (Å²) in [6, 6.07) is 3.68. The van der Waals surface area contributed by atoms with Crippen LogP contribution >= 0.6 is 0 Å². The number of carbonyl (C=O) groups excluding carboxylic acids is 1. The van der Waals surface area contributed by atoms with Crippen LogP contribution in [0.1, 0.15) is 88.2 Å². The number of ether oxygens (including phenoxy) is 1. The highest BCUT2D eigenvalue weighted by Crippen LogP contribution is 2.27. The predicted molar refractivity (Wildman–Crippen MR) is 114 cm³/mol. The van der Waals surface area contributed by atoms with Gasteiger partial charge in [0, 0.05) is 12.2 Å².